The number of hydrogen-bond donors (Lipinski definition) is 1. The minimum Gasteiger partial charge on any atom is -0.466 e. The van der Waals surface area contributed by atoms with Crippen LogP contribution in [-0.4, -0.2) is 10.2 Å². The van der Waals surface area contributed by atoms with Gasteiger partial charge >= 0.3 is 0 Å². The smallest absolute Gasteiger partial charge is 0.134 e. The van der Waals surface area contributed by atoms with E-state index >= 15 is 0 Å². The fourth-order valence-corrected chi connectivity index (χ4v) is 2.56. The molecule has 1 atom stereocenters. The predicted octanol–water partition coefficient (Wildman–Crippen LogP) is 3.05. The number of halogens is 1. The third kappa shape index (κ3) is 2.69. The zero-order valence-electron chi connectivity index (χ0n) is 9.03. The number of nitrogens with zero attached hydrogens (tertiary/aromatic N) is 2. The fourth-order valence-electron chi connectivity index (χ4n) is 1.36. The van der Waals surface area contributed by atoms with Crippen LogP contribution < -0.4 is 5.32 Å². The van der Waals surface area contributed by atoms with Gasteiger partial charge in [0.1, 0.15) is 15.8 Å². The number of rotatable bonds is 4. The monoisotopic (exact) mass is 301 g/mol. The van der Waals surface area contributed by atoms with Crippen LogP contribution in [0.15, 0.2) is 21.2 Å². The van der Waals surface area contributed by atoms with Crippen LogP contribution in [0.3, 0.4) is 0 Å². The largest absolute Gasteiger partial charge is 0.466 e. The summed E-state index contributed by atoms with van der Waals surface area (Å²) >= 11 is 5.04. The van der Waals surface area contributed by atoms with Gasteiger partial charge in [-0.1, -0.05) is 0 Å². The summed E-state index contributed by atoms with van der Waals surface area (Å²) in [5, 5.41) is 13.3. The van der Waals surface area contributed by atoms with Gasteiger partial charge in [0, 0.05) is 0 Å². The molecular weight excluding hydrogens is 290 g/mol. The molecule has 6 heteroatoms. The number of aryl methyl sites for hydroxylation is 1. The van der Waals surface area contributed by atoms with E-state index in [0.29, 0.717) is 6.54 Å². The molecule has 0 aliphatic carbocycles. The molecule has 1 N–H and O–H groups in total. The molecule has 2 heterocycles. The third-order valence-corrected chi connectivity index (χ3v) is 3.66. The van der Waals surface area contributed by atoms with E-state index in [1.807, 2.05) is 13.0 Å². The second-order valence-electron chi connectivity index (χ2n) is 3.45. The lowest BCUT2D eigenvalue weighted by Gasteiger charge is -2.10. The second kappa shape index (κ2) is 5.07. The van der Waals surface area contributed by atoms with Crippen LogP contribution in [0.25, 0.3) is 0 Å². The Bertz CT molecular complexity index is 468. The van der Waals surface area contributed by atoms with Gasteiger partial charge in [-0.2, -0.15) is 0 Å². The average Bonchev–Trinajstić information content (AvgIpc) is 2.84. The molecule has 0 aliphatic rings. The van der Waals surface area contributed by atoms with Crippen LogP contribution in [-0.2, 0) is 6.54 Å². The molecule has 86 valence electrons. The Morgan fingerprint density at radius 2 is 2.38 bits per heavy atom. The molecule has 0 aromatic carbocycles. The van der Waals surface area contributed by atoms with Crippen molar-refractivity contribution in [2.24, 2.45) is 0 Å². The molecule has 0 radical (unpaired) electrons. The van der Waals surface area contributed by atoms with E-state index in [-0.39, 0.29) is 6.04 Å². The quantitative estimate of drug-likeness (QED) is 0.943. The van der Waals surface area contributed by atoms with Gasteiger partial charge < -0.3 is 9.73 Å². The molecule has 0 spiro atoms. The molecule has 1 unspecified atom stereocenters. The Morgan fingerprint density at radius 3 is 2.94 bits per heavy atom. The molecule has 0 saturated heterocycles. The summed E-state index contributed by atoms with van der Waals surface area (Å²) in [6.07, 6.45) is 1.67. The summed E-state index contributed by atoms with van der Waals surface area (Å²) in [5.41, 5.74) is 0. The van der Waals surface area contributed by atoms with Crippen molar-refractivity contribution in [3.05, 3.63) is 32.6 Å². The molecule has 2 aromatic heterocycles. The van der Waals surface area contributed by atoms with Crippen LogP contribution >= 0.6 is 27.3 Å². The number of hydrogen-bond acceptors (Lipinski definition) is 5. The van der Waals surface area contributed by atoms with Gasteiger partial charge in [-0.05, 0) is 35.8 Å². The highest BCUT2D eigenvalue weighted by molar-refractivity contribution is 9.10. The van der Waals surface area contributed by atoms with E-state index in [2.05, 4.69) is 38.4 Å². The Morgan fingerprint density at radius 1 is 1.56 bits per heavy atom. The normalized spacial score (nSPS) is 12.9. The second-order valence-corrected chi connectivity index (χ2v) is 5.57. The number of furan rings is 1. The lowest BCUT2D eigenvalue weighted by atomic mass is 10.2. The van der Waals surface area contributed by atoms with E-state index in [1.54, 1.807) is 17.6 Å². The van der Waals surface area contributed by atoms with E-state index in [1.165, 1.54) is 0 Å². The van der Waals surface area contributed by atoms with Gasteiger partial charge in [0.2, 0.25) is 0 Å². The van der Waals surface area contributed by atoms with Gasteiger partial charge in [0.05, 0.1) is 23.3 Å². The number of nitrogens with one attached hydrogen (secondary N) is 1. The molecule has 2 aromatic rings. The maximum atomic E-state index is 5.38. The predicted molar refractivity (Wildman–Crippen MR) is 66.3 cm³/mol. The molecule has 0 bridgehead atoms. The van der Waals surface area contributed by atoms with Crippen molar-refractivity contribution in [1.82, 2.24) is 15.5 Å². The van der Waals surface area contributed by atoms with Crippen molar-refractivity contribution in [2.45, 2.75) is 26.4 Å². The molecule has 0 saturated carbocycles. The molecule has 16 heavy (non-hydrogen) atoms. The van der Waals surface area contributed by atoms with Crippen molar-refractivity contribution in [3.63, 3.8) is 0 Å². The van der Waals surface area contributed by atoms with Gasteiger partial charge in [0.15, 0.2) is 0 Å². The first kappa shape index (κ1) is 11.8. The van der Waals surface area contributed by atoms with Crippen LogP contribution in [0.1, 0.15) is 28.7 Å². The summed E-state index contributed by atoms with van der Waals surface area (Å²) in [7, 11) is 0. The summed E-state index contributed by atoms with van der Waals surface area (Å²) in [4.78, 5) is 0. The van der Waals surface area contributed by atoms with E-state index < -0.39 is 0 Å². The van der Waals surface area contributed by atoms with E-state index in [4.69, 9.17) is 4.42 Å². The maximum Gasteiger partial charge on any atom is 0.134 e. The summed E-state index contributed by atoms with van der Waals surface area (Å²) in [6.45, 7) is 4.71. The van der Waals surface area contributed by atoms with Crippen molar-refractivity contribution in [2.75, 3.05) is 0 Å². The zero-order valence-corrected chi connectivity index (χ0v) is 11.4. The summed E-state index contributed by atoms with van der Waals surface area (Å²) in [5.74, 6) is 0.904. The van der Waals surface area contributed by atoms with Crippen molar-refractivity contribution in [1.29, 1.82) is 0 Å². The van der Waals surface area contributed by atoms with Gasteiger partial charge in [0.25, 0.3) is 0 Å². The fraction of sp³-hybridized carbons (Fsp3) is 0.400. The lowest BCUT2D eigenvalue weighted by Crippen LogP contribution is -2.17. The standard InChI is InChI=1S/C10H12BrN3OS/c1-6(10-8(11)3-4-15-10)12-5-9-14-13-7(2)16-9/h3-4,6,12H,5H2,1-2H3. The van der Waals surface area contributed by atoms with Gasteiger partial charge in [-0.3, -0.25) is 0 Å². The van der Waals surface area contributed by atoms with Crippen LogP contribution in [0.5, 0.6) is 0 Å². The molecule has 0 amide bonds. The maximum absolute atomic E-state index is 5.38. The van der Waals surface area contributed by atoms with E-state index in [0.717, 1.165) is 20.2 Å². The third-order valence-electron chi connectivity index (χ3n) is 2.17. The first-order valence-electron chi connectivity index (χ1n) is 4.92. The van der Waals surface area contributed by atoms with Gasteiger partial charge in [-0.15, -0.1) is 21.5 Å². The zero-order chi connectivity index (χ0) is 11.5. The Kier molecular flexibility index (Phi) is 3.73. The first-order chi connectivity index (χ1) is 7.66. The Labute approximate surface area is 106 Å². The van der Waals surface area contributed by atoms with Crippen LogP contribution in [0.4, 0.5) is 0 Å². The van der Waals surface area contributed by atoms with Crippen LogP contribution in [0, 0.1) is 6.92 Å². The average molecular weight is 302 g/mol. The highest BCUT2D eigenvalue weighted by atomic mass is 79.9. The lowest BCUT2D eigenvalue weighted by molar-refractivity contribution is 0.427. The molecule has 2 rings (SSSR count). The minimum absolute atomic E-state index is 0.147. The van der Waals surface area contributed by atoms with Gasteiger partial charge in [-0.25, -0.2) is 0 Å². The summed E-state index contributed by atoms with van der Waals surface area (Å²) in [6, 6.07) is 2.04. The molecule has 0 fully saturated rings. The number of aromatic nitrogens is 2. The minimum atomic E-state index is 0.147. The Hall–Kier alpha value is -0.720. The highest BCUT2D eigenvalue weighted by Gasteiger charge is 2.12. The van der Waals surface area contributed by atoms with Crippen LogP contribution in [0.2, 0.25) is 0 Å². The molecule has 0 aliphatic heterocycles. The molecule has 4 nitrogen and oxygen atoms in total. The van der Waals surface area contributed by atoms with Crippen molar-refractivity contribution < 1.29 is 4.42 Å². The Balaban J connectivity index is 1.93. The topological polar surface area (TPSA) is 51.0 Å². The van der Waals surface area contributed by atoms with Crippen molar-refractivity contribution in [3.8, 4) is 0 Å². The van der Waals surface area contributed by atoms with E-state index in [9.17, 15) is 0 Å². The molecular formula is C10H12BrN3OS. The summed E-state index contributed by atoms with van der Waals surface area (Å²) < 4.78 is 6.36. The van der Waals surface area contributed by atoms with Crippen molar-refractivity contribution >= 4 is 27.3 Å². The first-order valence-corrected chi connectivity index (χ1v) is 6.53. The highest BCUT2D eigenvalue weighted by Crippen LogP contribution is 2.24. The SMILES string of the molecule is Cc1nnc(CNC(C)c2occc2Br)s1.